The number of nitro groups is 1. The first-order valence-electron chi connectivity index (χ1n) is 5.01. The first-order valence-corrected chi connectivity index (χ1v) is 5.81. The molecule has 0 saturated heterocycles. The highest BCUT2D eigenvalue weighted by Gasteiger charge is 2.18. The molecule has 0 amide bonds. The molecular weight excluding hydrogens is 320 g/mol. The number of aromatic carboxylic acids is 1. The molecule has 98 valence electrons. The summed E-state index contributed by atoms with van der Waals surface area (Å²) in [6, 6.07) is 4.25. The molecule has 1 aromatic carbocycles. The molecule has 1 heterocycles. The van der Waals surface area contributed by atoms with Crippen molar-refractivity contribution in [1.82, 2.24) is 15.0 Å². The molecule has 0 spiro atoms. The van der Waals surface area contributed by atoms with Crippen LogP contribution in [0.2, 0.25) is 0 Å². The Morgan fingerprint density at radius 2 is 2.21 bits per heavy atom. The molecular formula is C10H7BrN4O4. The number of rotatable bonds is 3. The van der Waals surface area contributed by atoms with E-state index < -0.39 is 10.9 Å². The van der Waals surface area contributed by atoms with Gasteiger partial charge in [-0.2, -0.15) is 0 Å². The average Bonchev–Trinajstić information content (AvgIpc) is 2.70. The van der Waals surface area contributed by atoms with Gasteiger partial charge in [0.1, 0.15) is 0 Å². The Bertz CT molecular complexity index is 682. The lowest BCUT2D eigenvalue weighted by Gasteiger charge is -2.04. The number of carboxylic acid groups (broad SMARTS) is 1. The summed E-state index contributed by atoms with van der Waals surface area (Å²) in [5, 5.41) is 26.8. The molecule has 0 aliphatic carbocycles. The van der Waals surface area contributed by atoms with Gasteiger partial charge in [0.25, 0.3) is 5.69 Å². The van der Waals surface area contributed by atoms with Gasteiger partial charge in [-0.05, 0) is 35.0 Å². The maximum Gasteiger partial charge on any atom is 0.358 e. The molecule has 1 N–H and O–H groups in total. The van der Waals surface area contributed by atoms with E-state index in [1.54, 1.807) is 6.92 Å². The van der Waals surface area contributed by atoms with Gasteiger partial charge in [0, 0.05) is 6.07 Å². The third-order valence-corrected chi connectivity index (χ3v) is 3.10. The van der Waals surface area contributed by atoms with Crippen molar-refractivity contribution in [3.05, 3.63) is 44.2 Å². The van der Waals surface area contributed by atoms with E-state index in [2.05, 4.69) is 26.2 Å². The number of carbonyl (C=O) groups is 1. The Hall–Kier alpha value is -2.29. The standard InChI is InChI=1S/C10H7BrN4O4/c1-5-9(10(16)17)12-13-14(5)6-2-3-8(15(18)19)7(11)4-6/h2-4H,1H3,(H,16,17). The van der Waals surface area contributed by atoms with Crippen LogP contribution in [0.25, 0.3) is 5.69 Å². The van der Waals surface area contributed by atoms with Crippen molar-refractivity contribution in [2.24, 2.45) is 0 Å². The summed E-state index contributed by atoms with van der Waals surface area (Å²) < 4.78 is 1.58. The molecule has 0 aliphatic rings. The van der Waals surface area contributed by atoms with Crippen LogP contribution in [0.15, 0.2) is 22.7 Å². The molecule has 0 unspecified atom stereocenters. The maximum absolute atomic E-state index is 10.9. The van der Waals surface area contributed by atoms with E-state index >= 15 is 0 Å². The molecule has 0 atom stereocenters. The van der Waals surface area contributed by atoms with Gasteiger partial charge in [-0.3, -0.25) is 10.1 Å². The summed E-state index contributed by atoms with van der Waals surface area (Å²) in [5.41, 5.74) is 0.581. The number of aromatic nitrogens is 3. The van der Waals surface area contributed by atoms with E-state index in [1.807, 2.05) is 0 Å². The minimum atomic E-state index is -1.18. The number of halogens is 1. The van der Waals surface area contributed by atoms with Crippen LogP contribution in [0.1, 0.15) is 16.2 Å². The van der Waals surface area contributed by atoms with Gasteiger partial charge in [-0.25, -0.2) is 9.48 Å². The van der Waals surface area contributed by atoms with Crippen LogP contribution in [0.4, 0.5) is 5.69 Å². The summed E-state index contributed by atoms with van der Waals surface area (Å²) in [5.74, 6) is -1.18. The second kappa shape index (κ2) is 4.76. The molecule has 0 saturated carbocycles. The molecule has 0 aliphatic heterocycles. The van der Waals surface area contributed by atoms with Crippen LogP contribution in [0, 0.1) is 17.0 Å². The molecule has 0 bridgehead atoms. The van der Waals surface area contributed by atoms with Gasteiger partial charge >= 0.3 is 5.97 Å². The molecule has 9 heteroatoms. The van der Waals surface area contributed by atoms with Crippen molar-refractivity contribution in [1.29, 1.82) is 0 Å². The van der Waals surface area contributed by atoms with Crippen LogP contribution in [0.3, 0.4) is 0 Å². The summed E-state index contributed by atoms with van der Waals surface area (Å²) in [6.45, 7) is 1.55. The second-order valence-electron chi connectivity index (χ2n) is 3.63. The Morgan fingerprint density at radius 1 is 1.53 bits per heavy atom. The first-order chi connectivity index (χ1) is 8.91. The zero-order valence-electron chi connectivity index (χ0n) is 9.57. The second-order valence-corrected chi connectivity index (χ2v) is 4.49. The number of hydrogen-bond acceptors (Lipinski definition) is 5. The molecule has 19 heavy (non-hydrogen) atoms. The SMILES string of the molecule is Cc1c(C(=O)O)nnn1-c1ccc([N+](=O)[O-])c(Br)c1. The summed E-state index contributed by atoms with van der Waals surface area (Å²) in [7, 11) is 0. The van der Waals surface area contributed by atoms with Crippen molar-refractivity contribution >= 4 is 27.6 Å². The Balaban J connectivity index is 2.51. The van der Waals surface area contributed by atoms with E-state index in [1.165, 1.54) is 22.9 Å². The zero-order chi connectivity index (χ0) is 14.2. The van der Waals surface area contributed by atoms with Crippen molar-refractivity contribution in [3.8, 4) is 5.69 Å². The number of nitrogens with zero attached hydrogens (tertiary/aromatic N) is 4. The quantitative estimate of drug-likeness (QED) is 0.681. The lowest BCUT2D eigenvalue weighted by Crippen LogP contribution is -2.03. The van der Waals surface area contributed by atoms with E-state index in [0.717, 1.165) is 0 Å². The smallest absolute Gasteiger partial charge is 0.358 e. The Morgan fingerprint density at radius 3 is 2.68 bits per heavy atom. The molecule has 0 radical (unpaired) electrons. The molecule has 8 nitrogen and oxygen atoms in total. The number of hydrogen-bond donors (Lipinski definition) is 1. The van der Waals surface area contributed by atoms with E-state index in [0.29, 0.717) is 11.4 Å². The lowest BCUT2D eigenvalue weighted by molar-refractivity contribution is -0.385. The summed E-state index contributed by atoms with van der Waals surface area (Å²) in [6.07, 6.45) is 0. The highest BCUT2D eigenvalue weighted by Crippen LogP contribution is 2.27. The van der Waals surface area contributed by atoms with E-state index in [-0.39, 0.29) is 15.9 Å². The molecule has 0 fully saturated rings. The third-order valence-electron chi connectivity index (χ3n) is 2.47. The van der Waals surface area contributed by atoms with Gasteiger partial charge < -0.3 is 5.11 Å². The highest BCUT2D eigenvalue weighted by molar-refractivity contribution is 9.10. The highest BCUT2D eigenvalue weighted by atomic mass is 79.9. The number of nitro benzene ring substituents is 1. The van der Waals surface area contributed by atoms with Crippen LogP contribution in [0.5, 0.6) is 0 Å². The van der Waals surface area contributed by atoms with Crippen LogP contribution in [-0.4, -0.2) is 31.0 Å². The maximum atomic E-state index is 10.9. The van der Waals surface area contributed by atoms with Crippen molar-refractivity contribution in [2.45, 2.75) is 6.92 Å². The average molecular weight is 327 g/mol. The molecule has 2 rings (SSSR count). The predicted octanol–water partition coefficient (Wildman–Crippen LogP) is 1.94. The summed E-state index contributed by atoms with van der Waals surface area (Å²) >= 11 is 3.09. The van der Waals surface area contributed by atoms with Gasteiger partial charge in [-0.1, -0.05) is 5.21 Å². The summed E-state index contributed by atoms with van der Waals surface area (Å²) in [4.78, 5) is 21.0. The van der Waals surface area contributed by atoms with Crippen molar-refractivity contribution in [3.63, 3.8) is 0 Å². The number of benzene rings is 1. The minimum Gasteiger partial charge on any atom is -0.476 e. The first kappa shape index (κ1) is 13.1. The van der Waals surface area contributed by atoms with Gasteiger partial charge in [-0.15, -0.1) is 5.10 Å². The fraction of sp³-hybridized carbons (Fsp3) is 0.100. The normalized spacial score (nSPS) is 10.4. The Labute approximate surface area is 114 Å². The van der Waals surface area contributed by atoms with Crippen molar-refractivity contribution < 1.29 is 14.8 Å². The van der Waals surface area contributed by atoms with Crippen LogP contribution >= 0.6 is 15.9 Å². The number of carboxylic acids is 1. The fourth-order valence-corrected chi connectivity index (χ4v) is 2.06. The topological polar surface area (TPSA) is 111 Å². The van der Waals surface area contributed by atoms with Crippen molar-refractivity contribution in [2.75, 3.05) is 0 Å². The molecule has 2 aromatic rings. The van der Waals surface area contributed by atoms with Crippen LogP contribution in [-0.2, 0) is 0 Å². The Kier molecular flexibility index (Phi) is 3.30. The monoisotopic (exact) mass is 326 g/mol. The van der Waals surface area contributed by atoms with E-state index in [4.69, 9.17) is 5.11 Å². The minimum absolute atomic E-state index is 0.0834. The fourth-order valence-electron chi connectivity index (χ4n) is 1.55. The lowest BCUT2D eigenvalue weighted by atomic mass is 10.2. The largest absolute Gasteiger partial charge is 0.476 e. The van der Waals surface area contributed by atoms with Gasteiger partial charge in [0.15, 0.2) is 5.69 Å². The zero-order valence-corrected chi connectivity index (χ0v) is 11.2. The third kappa shape index (κ3) is 2.32. The van der Waals surface area contributed by atoms with Crippen LogP contribution < -0.4 is 0 Å². The predicted molar refractivity (Wildman–Crippen MR) is 67.4 cm³/mol. The van der Waals surface area contributed by atoms with Gasteiger partial charge in [0.05, 0.1) is 20.8 Å². The van der Waals surface area contributed by atoms with E-state index in [9.17, 15) is 14.9 Å². The molecule has 1 aromatic heterocycles. The van der Waals surface area contributed by atoms with Gasteiger partial charge in [0.2, 0.25) is 0 Å².